The largest absolute Gasteiger partial charge is 0.481 e. The molecule has 184 valence electrons. The minimum Gasteiger partial charge on any atom is -0.481 e. The number of carbonyl (C=O) groups excluding carboxylic acids is 2. The third-order valence-electron chi connectivity index (χ3n) is 7.99. The summed E-state index contributed by atoms with van der Waals surface area (Å²) in [6, 6.07) is 16.5. The molecule has 0 spiro atoms. The number of nitrogens with one attached hydrogen (secondary N) is 1. The number of carbonyl (C=O) groups is 3. The molecule has 0 aromatic heterocycles. The zero-order valence-corrected chi connectivity index (χ0v) is 19.9. The molecule has 0 radical (unpaired) electrons. The lowest BCUT2D eigenvalue weighted by Gasteiger charge is -2.42. The van der Waals surface area contributed by atoms with Gasteiger partial charge in [0.05, 0.1) is 0 Å². The number of carboxylic acid groups (broad SMARTS) is 1. The van der Waals surface area contributed by atoms with E-state index in [2.05, 4.69) is 29.6 Å². The first-order valence-corrected chi connectivity index (χ1v) is 12.5. The molecule has 2 fully saturated rings. The molecule has 1 unspecified atom stereocenters. The van der Waals surface area contributed by atoms with Gasteiger partial charge in [-0.3, -0.25) is 9.59 Å². The van der Waals surface area contributed by atoms with Gasteiger partial charge in [-0.15, -0.1) is 0 Å². The first kappa shape index (κ1) is 23.4. The van der Waals surface area contributed by atoms with Gasteiger partial charge in [0.1, 0.15) is 6.61 Å². The van der Waals surface area contributed by atoms with Gasteiger partial charge in [-0.1, -0.05) is 55.0 Å². The van der Waals surface area contributed by atoms with Gasteiger partial charge >= 0.3 is 12.1 Å². The highest BCUT2D eigenvalue weighted by Crippen LogP contribution is 2.45. The summed E-state index contributed by atoms with van der Waals surface area (Å²) in [6.07, 6.45) is 3.62. The van der Waals surface area contributed by atoms with E-state index in [1.807, 2.05) is 24.3 Å². The monoisotopic (exact) mass is 476 g/mol. The number of aliphatic carboxylic acids is 1. The number of carboxylic acids is 1. The number of nitrogens with zero attached hydrogens (tertiary/aromatic N) is 1. The summed E-state index contributed by atoms with van der Waals surface area (Å²) >= 11 is 0. The summed E-state index contributed by atoms with van der Waals surface area (Å²) in [7, 11) is 0. The molecule has 35 heavy (non-hydrogen) atoms. The maximum Gasteiger partial charge on any atom is 0.407 e. The van der Waals surface area contributed by atoms with Crippen LogP contribution in [0.1, 0.15) is 55.6 Å². The summed E-state index contributed by atoms with van der Waals surface area (Å²) in [4.78, 5) is 38.3. The number of alkyl carbamates (subject to hydrolysis) is 1. The van der Waals surface area contributed by atoms with Crippen molar-refractivity contribution in [2.45, 2.75) is 44.4 Å². The van der Waals surface area contributed by atoms with Crippen LogP contribution in [0, 0.1) is 11.3 Å². The zero-order chi connectivity index (χ0) is 24.4. The van der Waals surface area contributed by atoms with Crippen molar-refractivity contribution in [1.29, 1.82) is 0 Å². The fourth-order valence-electron chi connectivity index (χ4n) is 5.91. The van der Waals surface area contributed by atoms with Crippen LogP contribution >= 0.6 is 0 Å². The van der Waals surface area contributed by atoms with Gasteiger partial charge in [0, 0.05) is 38.4 Å². The van der Waals surface area contributed by atoms with E-state index in [9.17, 15) is 14.4 Å². The summed E-state index contributed by atoms with van der Waals surface area (Å²) in [5, 5.41) is 11.9. The van der Waals surface area contributed by atoms with Gasteiger partial charge in [-0.05, 0) is 52.8 Å². The molecule has 1 saturated heterocycles. The minimum atomic E-state index is -0.813. The van der Waals surface area contributed by atoms with Crippen LogP contribution in [0.25, 0.3) is 11.1 Å². The molecule has 1 atom stereocenters. The van der Waals surface area contributed by atoms with E-state index in [1.54, 1.807) is 4.90 Å². The Balaban J connectivity index is 1.13. The van der Waals surface area contributed by atoms with E-state index in [0.717, 1.165) is 25.7 Å². The number of fused-ring (bicyclic) bond motifs is 3. The van der Waals surface area contributed by atoms with E-state index in [1.165, 1.54) is 22.3 Å². The molecule has 1 saturated carbocycles. The Kier molecular flexibility index (Phi) is 6.50. The number of ether oxygens (including phenoxy) is 1. The van der Waals surface area contributed by atoms with Crippen molar-refractivity contribution in [2.24, 2.45) is 11.3 Å². The van der Waals surface area contributed by atoms with Crippen molar-refractivity contribution in [1.82, 2.24) is 10.2 Å². The van der Waals surface area contributed by atoms with E-state index < -0.39 is 12.1 Å². The molecule has 7 heteroatoms. The number of hydrogen-bond acceptors (Lipinski definition) is 4. The lowest BCUT2D eigenvalue weighted by Crippen LogP contribution is -2.46. The van der Waals surface area contributed by atoms with E-state index >= 15 is 0 Å². The van der Waals surface area contributed by atoms with Crippen LogP contribution in [0.3, 0.4) is 0 Å². The number of rotatable bonds is 8. The Morgan fingerprint density at radius 1 is 1.03 bits per heavy atom. The van der Waals surface area contributed by atoms with Gasteiger partial charge < -0.3 is 20.1 Å². The first-order valence-electron chi connectivity index (χ1n) is 12.5. The summed E-state index contributed by atoms with van der Waals surface area (Å²) in [5.41, 5.74) is 4.50. The van der Waals surface area contributed by atoms with Crippen LogP contribution in [0.15, 0.2) is 48.5 Å². The molecule has 1 heterocycles. The molecule has 2 aliphatic carbocycles. The van der Waals surface area contributed by atoms with Gasteiger partial charge in [0.15, 0.2) is 0 Å². The molecule has 5 rings (SSSR count). The zero-order valence-electron chi connectivity index (χ0n) is 19.9. The number of hydrogen-bond donors (Lipinski definition) is 2. The minimum absolute atomic E-state index is 0.0151. The third-order valence-corrected chi connectivity index (χ3v) is 7.99. The fourth-order valence-corrected chi connectivity index (χ4v) is 5.91. The Hall–Kier alpha value is -3.35. The third kappa shape index (κ3) is 4.90. The molecule has 0 bridgehead atoms. The van der Waals surface area contributed by atoms with Crippen molar-refractivity contribution in [3.05, 3.63) is 59.7 Å². The Bertz CT molecular complexity index is 1080. The Labute approximate surface area is 205 Å². The van der Waals surface area contributed by atoms with Crippen molar-refractivity contribution in [3.63, 3.8) is 0 Å². The van der Waals surface area contributed by atoms with E-state index in [-0.39, 0.29) is 36.2 Å². The first-order chi connectivity index (χ1) is 16.9. The molecule has 7 nitrogen and oxygen atoms in total. The molecule has 2 aromatic rings. The van der Waals surface area contributed by atoms with Gasteiger partial charge in [0.2, 0.25) is 5.91 Å². The quantitative estimate of drug-likeness (QED) is 0.588. The molecule has 2 amide bonds. The molecule has 3 aliphatic rings. The van der Waals surface area contributed by atoms with Crippen LogP contribution in [0.4, 0.5) is 4.79 Å². The highest BCUT2D eigenvalue weighted by Gasteiger charge is 2.41. The average Bonchev–Trinajstić information content (AvgIpc) is 3.41. The number of likely N-dealkylation sites (tertiary alicyclic amines) is 1. The van der Waals surface area contributed by atoms with Crippen molar-refractivity contribution >= 4 is 18.0 Å². The highest BCUT2D eigenvalue weighted by atomic mass is 16.5. The van der Waals surface area contributed by atoms with Crippen LogP contribution in [-0.2, 0) is 14.3 Å². The van der Waals surface area contributed by atoms with Crippen molar-refractivity contribution in [3.8, 4) is 11.1 Å². The predicted octanol–water partition coefficient (Wildman–Crippen LogP) is 4.41. The molecular weight excluding hydrogens is 444 g/mol. The molecule has 2 aromatic carbocycles. The summed E-state index contributed by atoms with van der Waals surface area (Å²) in [6.45, 7) is 1.82. The second kappa shape index (κ2) is 9.72. The standard InChI is InChI=1S/C28H32N2O5/c31-25(30-13-10-19(16-30)14-26(32)33)15-28(11-5-12-28)18-29-27(34)35-17-24-22-8-3-1-6-20(22)21-7-2-4-9-23(21)24/h1-4,6-9,19,24H,5,10-18H2,(H,29,34)(H,32,33). The Morgan fingerprint density at radius 3 is 2.29 bits per heavy atom. The molecule has 1 aliphatic heterocycles. The smallest absolute Gasteiger partial charge is 0.407 e. The van der Waals surface area contributed by atoms with Crippen LogP contribution < -0.4 is 5.32 Å². The van der Waals surface area contributed by atoms with Gasteiger partial charge in [-0.25, -0.2) is 4.79 Å². The normalized spacial score (nSPS) is 20.0. The Morgan fingerprint density at radius 2 is 1.69 bits per heavy atom. The van der Waals surface area contributed by atoms with Crippen molar-refractivity contribution in [2.75, 3.05) is 26.2 Å². The maximum absolute atomic E-state index is 12.9. The topological polar surface area (TPSA) is 95.9 Å². The van der Waals surface area contributed by atoms with Gasteiger partial charge in [0.25, 0.3) is 0 Å². The lowest BCUT2D eigenvalue weighted by molar-refractivity contribution is -0.139. The fraction of sp³-hybridized carbons (Fsp3) is 0.464. The molecular formula is C28H32N2O5. The summed E-state index contributed by atoms with van der Waals surface area (Å²) in [5.74, 6) is -0.701. The second-order valence-electron chi connectivity index (χ2n) is 10.3. The number of benzene rings is 2. The van der Waals surface area contributed by atoms with Crippen LogP contribution in [0.5, 0.6) is 0 Å². The molecule has 2 N–H and O–H groups in total. The highest BCUT2D eigenvalue weighted by molar-refractivity contribution is 5.79. The van der Waals surface area contributed by atoms with E-state index in [4.69, 9.17) is 9.84 Å². The number of amides is 2. The van der Waals surface area contributed by atoms with Crippen molar-refractivity contribution < 1.29 is 24.2 Å². The second-order valence-corrected chi connectivity index (χ2v) is 10.3. The lowest BCUT2D eigenvalue weighted by atomic mass is 9.66. The maximum atomic E-state index is 12.9. The SMILES string of the molecule is O=C(O)CC1CCN(C(=O)CC2(CNC(=O)OCC3c4ccccc4-c4ccccc43)CCC2)C1. The average molecular weight is 477 g/mol. The van der Waals surface area contributed by atoms with Crippen LogP contribution in [0.2, 0.25) is 0 Å². The van der Waals surface area contributed by atoms with E-state index in [0.29, 0.717) is 26.1 Å². The summed E-state index contributed by atoms with van der Waals surface area (Å²) < 4.78 is 5.66. The van der Waals surface area contributed by atoms with Crippen LogP contribution in [-0.4, -0.2) is 54.2 Å². The van der Waals surface area contributed by atoms with Gasteiger partial charge in [-0.2, -0.15) is 0 Å². The predicted molar refractivity (Wildman–Crippen MR) is 131 cm³/mol.